The van der Waals surface area contributed by atoms with E-state index in [0.717, 1.165) is 37.0 Å². The number of rotatable bonds is 17. The van der Waals surface area contributed by atoms with Crippen molar-refractivity contribution in [2.45, 2.75) is 64.2 Å². The Kier molecular flexibility index (Phi) is 15.0. The third-order valence-corrected chi connectivity index (χ3v) is 8.26. The number of hydrogen-bond donors (Lipinski definition) is 2. The van der Waals surface area contributed by atoms with Crippen LogP contribution in [0.1, 0.15) is 69.7 Å². The quantitative estimate of drug-likeness (QED) is 0.217. The molecule has 0 radical (unpaired) electrons. The number of likely N-dealkylation sites (N-methyl/N-ethyl adjacent to an activating group) is 1. The topological polar surface area (TPSA) is 84.5 Å². The fourth-order valence-corrected chi connectivity index (χ4v) is 4.85. The molecule has 0 unspecified atom stereocenters. The van der Waals surface area contributed by atoms with Crippen LogP contribution in [0.2, 0.25) is 0 Å². The lowest BCUT2D eigenvalue weighted by Crippen LogP contribution is -3.00. The van der Waals surface area contributed by atoms with Crippen molar-refractivity contribution in [2.24, 2.45) is 0 Å². The second kappa shape index (κ2) is 16.8. The first-order chi connectivity index (χ1) is 17.2. The van der Waals surface area contributed by atoms with E-state index in [0.29, 0.717) is 30.2 Å². The molecule has 2 N–H and O–H groups in total. The van der Waals surface area contributed by atoms with Crippen molar-refractivity contribution >= 4 is 21.6 Å². The molecule has 208 valence electrons. The first kappa shape index (κ1) is 33.1. The van der Waals surface area contributed by atoms with Crippen LogP contribution in [0.25, 0.3) is 0 Å². The standard InChI is InChI=1S/C28H43N3O4S.BrH/c1-5-8-9-10-11-14-23-35-27-16-13-12-15-26(27)28(32)30-24-17-19-25(20-18-24)36(33,34)29-21-22-31(4,6-2)7-3;/h12-13,15-20,29H,5-11,14,21-23H2,1-4H3;1H. The minimum atomic E-state index is -3.62. The number of carbonyl (C=O) groups excluding carboxylic acids is 1. The summed E-state index contributed by atoms with van der Waals surface area (Å²) >= 11 is 0. The summed E-state index contributed by atoms with van der Waals surface area (Å²) in [6.45, 7) is 9.96. The maximum absolute atomic E-state index is 12.9. The number of unbranched alkanes of at least 4 members (excludes halogenated alkanes) is 5. The molecule has 0 saturated heterocycles. The van der Waals surface area contributed by atoms with Crippen LogP contribution in [0.4, 0.5) is 5.69 Å². The molecule has 0 spiro atoms. The zero-order valence-corrected chi connectivity index (χ0v) is 25.2. The van der Waals surface area contributed by atoms with Crippen molar-refractivity contribution in [2.75, 3.05) is 45.2 Å². The number of carbonyl (C=O) groups is 1. The van der Waals surface area contributed by atoms with Crippen molar-refractivity contribution in [3.63, 3.8) is 0 Å². The highest BCUT2D eigenvalue weighted by molar-refractivity contribution is 7.89. The largest absolute Gasteiger partial charge is 1.00 e. The third kappa shape index (κ3) is 11.1. The molecular weight excluding hydrogens is 554 g/mol. The van der Waals surface area contributed by atoms with Gasteiger partial charge in [-0.15, -0.1) is 0 Å². The molecule has 2 aromatic carbocycles. The van der Waals surface area contributed by atoms with Crippen molar-refractivity contribution in [1.29, 1.82) is 0 Å². The number of ether oxygens (including phenoxy) is 1. The van der Waals surface area contributed by atoms with Gasteiger partial charge < -0.3 is 31.5 Å². The van der Waals surface area contributed by atoms with Gasteiger partial charge in [-0.25, -0.2) is 13.1 Å². The molecule has 0 aliphatic rings. The fourth-order valence-electron chi connectivity index (χ4n) is 3.83. The van der Waals surface area contributed by atoms with Gasteiger partial charge in [0.2, 0.25) is 10.0 Å². The Morgan fingerprint density at radius 3 is 2.16 bits per heavy atom. The second-order valence-corrected chi connectivity index (χ2v) is 11.2. The van der Waals surface area contributed by atoms with Gasteiger partial charge in [-0.1, -0.05) is 51.2 Å². The number of anilines is 1. The SMILES string of the molecule is CCCCCCCCOc1ccccc1C(=O)Nc1ccc(S(=O)(=O)NCC[N+](C)(CC)CC)cc1.[Br-]. The summed E-state index contributed by atoms with van der Waals surface area (Å²) in [5, 5.41) is 2.84. The zero-order valence-electron chi connectivity index (χ0n) is 22.8. The molecule has 0 atom stereocenters. The molecule has 0 heterocycles. The molecule has 0 aromatic heterocycles. The van der Waals surface area contributed by atoms with Gasteiger partial charge in [0.15, 0.2) is 0 Å². The number of halogens is 1. The van der Waals surface area contributed by atoms with E-state index in [-0.39, 0.29) is 27.8 Å². The van der Waals surface area contributed by atoms with Crippen LogP contribution >= 0.6 is 0 Å². The van der Waals surface area contributed by atoms with E-state index in [9.17, 15) is 13.2 Å². The molecular formula is C28H44BrN3O4S. The minimum absolute atomic E-state index is 0. The maximum atomic E-state index is 12.9. The number of benzene rings is 2. The van der Waals surface area contributed by atoms with Crippen molar-refractivity contribution < 1.29 is 39.4 Å². The van der Waals surface area contributed by atoms with Gasteiger partial charge in [0.05, 0.1) is 50.3 Å². The van der Waals surface area contributed by atoms with E-state index in [1.165, 1.54) is 37.8 Å². The van der Waals surface area contributed by atoms with Crippen molar-refractivity contribution in [3.8, 4) is 5.75 Å². The van der Waals surface area contributed by atoms with Crippen molar-refractivity contribution in [3.05, 3.63) is 54.1 Å². The number of nitrogens with zero attached hydrogens (tertiary/aromatic N) is 1. The first-order valence-corrected chi connectivity index (χ1v) is 14.7. The van der Waals surface area contributed by atoms with E-state index in [4.69, 9.17) is 4.74 Å². The molecule has 7 nitrogen and oxygen atoms in total. The van der Waals surface area contributed by atoms with Crippen LogP contribution < -0.4 is 31.8 Å². The van der Waals surface area contributed by atoms with E-state index in [2.05, 4.69) is 37.9 Å². The molecule has 9 heteroatoms. The summed E-state index contributed by atoms with van der Waals surface area (Å²) < 4.78 is 34.7. The van der Waals surface area contributed by atoms with Crippen molar-refractivity contribution in [1.82, 2.24) is 4.72 Å². The summed E-state index contributed by atoms with van der Waals surface area (Å²) in [5.41, 5.74) is 0.973. The maximum Gasteiger partial charge on any atom is 0.259 e. The van der Waals surface area contributed by atoms with Crippen LogP contribution in [0.15, 0.2) is 53.4 Å². The Balaban J connectivity index is 0.00000684. The van der Waals surface area contributed by atoms with E-state index >= 15 is 0 Å². The summed E-state index contributed by atoms with van der Waals surface area (Å²) in [6.07, 6.45) is 7.03. The number of nitrogens with one attached hydrogen (secondary N) is 2. The van der Waals surface area contributed by atoms with Crippen LogP contribution in [-0.2, 0) is 10.0 Å². The van der Waals surface area contributed by atoms with Gasteiger partial charge in [0.25, 0.3) is 5.91 Å². The molecule has 0 aliphatic heterocycles. The van der Waals surface area contributed by atoms with Gasteiger partial charge in [-0.2, -0.15) is 0 Å². The molecule has 0 bridgehead atoms. The van der Waals surface area contributed by atoms with Gasteiger partial charge in [0, 0.05) is 5.69 Å². The lowest BCUT2D eigenvalue weighted by molar-refractivity contribution is -0.904. The second-order valence-electron chi connectivity index (χ2n) is 9.46. The molecule has 0 fully saturated rings. The number of hydrogen-bond acceptors (Lipinski definition) is 4. The number of sulfonamides is 1. The molecule has 0 aliphatic carbocycles. The monoisotopic (exact) mass is 597 g/mol. The van der Waals surface area contributed by atoms with Gasteiger partial charge in [0.1, 0.15) is 5.75 Å². The molecule has 2 rings (SSSR count). The average Bonchev–Trinajstić information content (AvgIpc) is 2.88. The molecule has 0 saturated carbocycles. The van der Waals surface area contributed by atoms with Gasteiger partial charge in [-0.05, 0) is 56.7 Å². The highest BCUT2D eigenvalue weighted by Gasteiger charge is 2.19. The van der Waals surface area contributed by atoms with Crippen LogP contribution in [0.5, 0.6) is 5.75 Å². The summed E-state index contributed by atoms with van der Waals surface area (Å²) in [4.78, 5) is 13.1. The Morgan fingerprint density at radius 2 is 1.51 bits per heavy atom. The summed E-state index contributed by atoms with van der Waals surface area (Å²) in [6, 6.07) is 13.4. The Morgan fingerprint density at radius 1 is 0.892 bits per heavy atom. The summed E-state index contributed by atoms with van der Waals surface area (Å²) in [7, 11) is -1.50. The fraction of sp³-hybridized carbons (Fsp3) is 0.536. The lowest BCUT2D eigenvalue weighted by atomic mass is 10.1. The summed E-state index contributed by atoms with van der Waals surface area (Å²) in [5.74, 6) is 0.259. The predicted octanol–water partition coefficient (Wildman–Crippen LogP) is 2.45. The Bertz CT molecular complexity index is 1040. The number of para-hydroxylation sites is 1. The minimum Gasteiger partial charge on any atom is -1.00 e. The molecule has 1 amide bonds. The number of amides is 1. The van der Waals surface area contributed by atoms with Crippen LogP contribution in [0, 0.1) is 0 Å². The van der Waals surface area contributed by atoms with Crippen LogP contribution in [-0.4, -0.2) is 58.6 Å². The van der Waals surface area contributed by atoms with E-state index in [1.807, 2.05) is 6.07 Å². The normalized spacial score (nSPS) is 11.6. The van der Waals surface area contributed by atoms with E-state index < -0.39 is 10.0 Å². The highest BCUT2D eigenvalue weighted by atomic mass is 79.9. The zero-order chi connectivity index (χ0) is 26.4. The number of quaternary nitrogens is 1. The molecule has 2 aromatic rings. The average molecular weight is 599 g/mol. The van der Waals surface area contributed by atoms with Crippen LogP contribution in [0.3, 0.4) is 0 Å². The van der Waals surface area contributed by atoms with Gasteiger partial charge >= 0.3 is 0 Å². The lowest BCUT2D eigenvalue weighted by Gasteiger charge is -2.32. The smallest absolute Gasteiger partial charge is 0.259 e. The Hall–Kier alpha value is -1.94. The Labute approximate surface area is 234 Å². The third-order valence-electron chi connectivity index (χ3n) is 6.78. The highest BCUT2D eigenvalue weighted by Crippen LogP contribution is 2.21. The first-order valence-electron chi connectivity index (χ1n) is 13.2. The molecule has 37 heavy (non-hydrogen) atoms. The van der Waals surface area contributed by atoms with E-state index in [1.54, 1.807) is 30.3 Å². The van der Waals surface area contributed by atoms with Gasteiger partial charge in [-0.3, -0.25) is 4.79 Å². The predicted molar refractivity (Wildman–Crippen MR) is 147 cm³/mol.